The second-order valence-corrected chi connectivity index (χ2v) is 8.04. The minimum atomic E-state index is -0.582. The molecular formula is C21H24BNO6. The lowest BCUT2D eigenvalue weighted by molar-refractivity contribution is 0.00578. The van der Waals surface area contributed by atoms with E-state index >= 15 is 0 Å². The molecule has 8 heteroatoms. The molecular weight excluding hydrogens is 373 g/mol. The first-order chi connectivity index (χ1) is 13.7. The van der Waals surface area contributed by atoms with Crippen molar-refractivity contribution in [2.75, 3.05) is 19.2 Å². The number of ether oxygens (including phenoxy) is 3. The number of carbonyl (C=O) groups excluding carboxylic acids is 1. The standard InChI is InChI=1S/C21H24BNO6/c1-20(2)21(3,4)29-22(28-20)15-10-11-16(18-17(15)26-12-27-18)23-19(24)13-6-8-14(25-5)9-7-13/h6-11H,12H2,1-5H3,(H,23,24). The maximum atomic E-state index is 12.6. The molecule has 0 saturated carbocycles. The normalized spacial score (nSPS) is 18.6. The Labute approximate surface area is 170 Å². The lowest BCUT2D eigenvalue weighted by Gasteiger charge is -2.32. The molecule has 0 unspecified atom stereocenters. The van der Waals surface area contributed by atoms with Gasteiger partial charge in [0.2, 0.25) is 6.79 Å². The highest BCUT2D eigenvalue weighted by Crippen LogP contribution is 2.42. The van der Waals surface area contributed by atoms with Gasteiger partial charge in [-0.05, 0) is 58.0 Å². The lowest BCUT2D eigenvalue weighted by Crippen LogP contribution is -2.41. The minimum Gasteiger partial charge on any atom is -0.497 e. The van der Waals surface area contributed by atoms with E-state index in [1.54, 1.807) is 37.4 Å². The monoisotopic (exact) mass is 397 g/mol. The zero-order valence-corrected chi connectivity index (χ0v) is 17.2. The van der Waals surface area contributed by atoms with E-state index in [4.69, 9.17) is 23.5 Å². The quantitative estimate of drug-likeness (QED) is 0.800. The van der Waals surface area contributed by atoms with Gasteiger partial charge in [0, 0.05) is 11.0 Å². The van der Waals surface area contributed by atoms with Gasteiger partial charge in [0.25, 0.3) is 5.91 Å². The van der Waals surface area contributed by atoms with E-state index < -0.39 is 18.3 Å². The number of hydrogen-bond acceptors (Lipinski definition) is 6. The molecule has 0 aliphatic carbocycles. The number of hydrogen-bond donors (Lipinski definition) is 1. The predicted molar refractivity (Wildman–Crippen MR) is 109 cm³/mol. The summed E-state index contributed by atoms with van der Waals surface area (Å²) in [5.74, 6) is 1.43. The third-order valence-corrected chi connectivity index (χ3v) is 5.66. The van der Waals surface area contributed by atoms with Gasteiger partial charge in [-0.1, -0.05) is 6.07 Å². The number of benzene rings is 2. The number of anilines is 1. The largest absolute Gasteiger partial charge is 0.498 e. The van der Waals surface area contributed by atoms with Crippen LogP contribution in [0, 0.1) is 0 Å². The molecule has 0 aromatic heterocycles. The van der Waals surface area contributed by atoms with Crippen LogP contribution in [0.4, 0.5) is 5.69 Å². The van der Waals surface area contributed by atoms with Crippen LogP contribution in [0.15, 0.2) is 36.4 Å². The highest BCUT2D eigenvalue weighted by Gasteiger charge is 2.53. The van der Waals surface area contributed by atoms with Crippen molar-refractivity contribution >= 4 is 24.2 Å². The van der Waals surface area contributed by atoms with Crippen LogP contribution in [-0.4, -0.2) is 38.1 Å². The van der Waals surface area contributed by atoms with Crippen LogP contribution < -0.4 is 25.0 Å². The van der Waals surface area contributed by atoms with Gasteiger partial charge >= 0.3 is 7.12 Å². The number of rotatable bonds is 4. The average molecular weight is 397 g/mol. The highest BCUT2D eigenvalue weighted by atomic mass is 16.7. The molecule has 2 aliphatic rings. The van der Waals surface area contributed by atoms with E-state index in [1.807, 2.05) is 33.8 Å². The molecule has 0 spiro atoms. The molecule has 0 bridgehead atoms. The number of amides is 1. The Morgan fingerprint density at radius 3 is 2.21 bits per heavy atom. The Morgan fingerprint density at radius 2 is 1.59 bits per heavy atom. The average Bonchev–Trinajstić information content (AvgIpc) is 3.24. The molecule has 29 heavy (non-hydrogen) atoms. The summed E-state index contributed by atoms with van der Waals surface area (Å²) in [6, 6.07) is 10.5. The molecule has 2 aromatic carbocycles. The van der Waals surface area contributed by atoms with Crippen molar-refractivity contribution in [2.24, 2.45) is 0 Å². The molecule has 1 saturated heterocycles. The third kappa shape index (κ3) is 3.43. The van der Waals surface area contributed by atoms with Gasteiger partial charge in [0.15, 0.2) is 11.5 Å². The summed E-state index contributed by atoms with van der Waals surface area (Å²) >= 11 is 0. The molecule has 2 aliphatic heterocycles. The Bertz CT molecular complexity index is 925. The Hall–Kier alpha value is -2.71. The third-order valence-electron chi connectivity index (χ3n) is 5.66. The Balaban J connectivity index is 1.59. The molecule has 1 N–H and O–H groups in total. The van der Waals surface area contributed by atoms with Crippen molar-refractivity contribution in [3.63, 3.8) is 0 Å². The fraction of sp³-hybridized carbons (Fsp3) is 0.381. The summed E-state index contributed by atoms with van der Waals surface area (Å²) in [6.07, 6.45) is 0. The van der Waals surface area contributed by atoms with E-state index in [-0.39, 0.29) is 12.7 Å². The van der Waals surface area contributed by atoms with Crippen molar-refractivity contribution in [1.29, 1.82) is 0 Å². The van der Waals surface area contributed by atoms with Crippen molar-refractivity contribution in [3.05, 3.63) is 42.0 Å². The zero-order valence-electron chi connectivity index (χ0n) is 17.2. The van der Waals surface area contributed by atoms with Crippen LogP contribution in [0.2, 0.25) is 0 Å². The fourth-order valence-electron chi connectivity index (χ4n) is 3.21. The van der Waals surface area contributed by atoms with Crippen molar-refractivity contribution in [3.8, 4) is 17.2 Å². The van der Waals surface area contributed by atoms with Crippen molar-refractivity contribution in [1.82, 2.24) is 0 Å². The number of carbonyl (C=O) groups is 1. The van der Waals surface area contributed by atoms with Crippen LogP contribution in [0.5, 0.6) is 17.2 Å². The van der Waals surface area contributed by atoms with Gasteiger partial charge in [-0.3, -0.25) is 4.79 Å². The minimum absolute atomic E-state index is 0.0667. The van der Waals surface area contributed by atoms with E-state index in [1.165, 1.54) is 0 Å². The second-order valence-electron chi connectivity index (χ2n) is 8.04. The zero-order chi connectivity index (χ0) is 20.8. The van der Waals surface area contributed by atoms with E-state index in [0.717, 1.165) is 5.46 Å². The van der Waals surface area contributed by atoms with Gasteiger partial charge in [-0.15, -0.1) is 0 Å². The Morgan fingerprint density at radius 1 is 0.966 bits per heavy atom. The molecule has 152 valence electrons. The van der Waals surface area contributed by atoms with Gasteiger partial charge in [0.1, 0.15) is 5.75 Å². The van der Waals surface area contributed by atoms with Crippen LogP contribution in [-0.2, 0) is 9.31 Å². The van der Waals surface area contributed by atoms with Gasteiger partial charge in [0.05, 0.1) is 24.0 Å². The van der Waals surface area contributed by atoms with Gasteiger partial charge in [-0.2, -0.15) is 0 Å². The van der Waals surface area contributed by atoms with Crippen molar-refractivity contribution < 1.29 is 28.3 Å². The molecule has 0 atom stereocenters. The molecule has 1 fully saturated rings. The fourth-order valence-corrected chi connectivity index (χ4v) is 3.21. The number of methoxy groups -OCH3 is 1. The number of nitrogens with one attached hydrogen (secondary N) is 1. The van der Waals surface area contributed by atoms with Crippen molar-refractivity contribution in [2.45, 2.75) is 38.9 Å². The second kappa shape index (κ2) is 6.97. The molecule has 1 amide bonds. The van der Waals surface area contributed by atoms with Gasteiger partial charge < -0.3 is 28.8 Å². The van der Waals surface area contributed by atoms with Crippen LogP contribution in [0.25, 0.3) is 0 Å². The highest BCUT2D eigenvalue weighted by molar-refractivity contribution is 6.63. The Kier molecular flexibility index (Phi) is 4.71. The summed E-state index contributed by atoms with van der Waals surface area (Å²) in [4.78, 5) is 12.6. The molecule has 7 nitrogen and oxygen atoms in total. The molecule has 0 radical (unpaired) electrons. The maximum absolute atomic E-state index is 12.6. The number of fused-ring (bicyclic) bond motifs is 1. The summed E-state index contributed by atoms with van der Waals surface area (Å²) < 4.78 is 28.7. The first-order valence-electron chi connectivity index (χ1n) is 9.45. The smallest absolute Gasteiger partial charge is 0.497 e. The van der Waals surface area contributed by atoms with Crippen LogP contribution in [0.1, 0.15) is 38.1 Å². The lowest BCUT2D eigenvalue weighted by atomic mass is 9.78. The summed E-state index contributed by atoms with van der Waals surface area (Å²) in [7, 11) is 0.999. The van der Waals surface area contributed by atoms with E-state index in [0.29, 0.717) is 28.5 Å². The van der Waals surface area contributed by atoms with E-state index in [2.05, 4.69) is 5.32 Å². The first kappa shape index (κ1) is 19.6. The molecule has 4 rings (SSSR count). The van der Waals surface area contributed by atoms with Crippen LogP contribution in [0.3, 0.4) is 0 Å². The van der Waals surface area contributed by atoms with Gasteiger partial charge in [-0.25, -0.2) is 0 Å². The van der Waals surface area contributed by atoms with E-state index in [9.17, 15) is 4.79 Å². The first-order valence-corrected chi connectivity index (χ1v) is 9.45. The molecule has 2 heterocycles. The topological polar surface area (TPSA) is 75.3 Å². The van der Waals surface area contributed by atoms with Crippen LogP contribution >= 0.6 is 0 Å². The summed E-state index contributed by atoms with van der Waals surface area (Å²) in [5.41, 5.74) is 0.835. The SMILES string of the molecule is COc1ccc(C(=O)Nc2ccc(B3OC(C)(C)C(C)(C)O3)c3c2OCO3)cc1. The molecule has 2 aromatic rings. The maximum Gasteiger partial charge on any atom is 0.498 e. The summed E-state index contributed by atoms with van der Waals surface area (Å²) in [5, 5.41) is 2.88. The summed E-state index contributed by atoms with van der Waals surface area (Å²) in [6.45, 7) is 8.04. The predicted octanol–water partition coefficient (Wildman–Crippen LogP) is 2.98.